The molecule has 6 unspecified atom stereocenters. The summed E-state index contributed by atoms with van der Waals surface area (Å²) in [6, 6.07) is -4.38. The lowest BCUT2D eigenvalue weighted by molar-refractivity contribution is -0.143. The molecule has 0 fully saturated rings. The number of carbonyl (C=O) groups excluding carboxylic acids is 3. The first kappa shape index (κ1) is 29.8. The van der Waals surface area contributed by atoms with Crippen LogP contribution in [0, 0.1) is 11.8 Å². The second-order valence-electron chi connectivity index (χ2n) is 8.55. The Hall–Kier alpha value is -2.24. The van der Waals surface area contributed by atoms with Gasteiger partial charge in [-0.3, -0.25) is 14.4 Å². The highest BCUT2D eigenvalue weighted by Gasteiger charge is 2.33. The van der Waals surface area contributed by atoms with Gasteiger partial charge in [-0.1, -0.05) is 34.1 Å². The van der Waals surface area contributed by atoms with Gasteiger partial charge in [0.2, 0.25) is 17.7 Å². The van der Waals surface area contributed by atoms with Gasteiger partial charge in [-0.05, 0) is 44.6 Å². The minimum absolute atomic E-state index is 0.133. The Morgan fingerprint density at radius 3 is 1.88 bits per heavy atom. The summed E-state index contributed by atoms with van der Waals surface area (Å²) in [6.45, 7) is 8.71. The number of hydrogen-bond acceptors (Lipinski definition) is 7. The van der Waals surface area contributed by atoms with Crippen molar-refractivity contribution in [3.8, 4) is 0 Å². The summed E-state index contributed by atoms with van der Waals surface area (Å²) in [6.07, 6.45) is 0.736. The summed E-state index contributed by atoms with van der Waals surface area (Å²) >= 11 is 0. The number of carbonyl (C=O) groups is 4. The highest BCUT2D eigenvalue weighted by Crippen LogP contribution is 2.08. The number of amides is 3. The minimum Gasteiger partial charge on any atom is -0.480 e. The molecule has 0 aromatic heterocycles. The number of nitrogens with two attached hydrogens (primary N) is 2. The van der Waals surface area contributed by atoms with Crippen LogP contribution in [0.3, 0.4) is 0 Å². The van der Waals surface area contributed by atoms with Crippen LogP contribution in [0.1, 0.15) is 60.3 Å². The molecule has 0 rings (SSSR count). The van der Waals surface area contributed by atoms with Crippen molar-refractivity contribution in [1.29, 1.82) is 0 Å². The van der Waals surface area contributed by atoms with Crippen molar-refractivity contribution in [2.75, 3.05) is 6.54 Å². The monoisotopic (exact) mass is 459 g/mol. The average molecular weight is 460 g/mol. The third-order valence-corrected chi connectivity index (χ3v) is 5.43. The zero-order valence-corrected chi connectivity index (χ0v) is 19.8. The number of nitrogens with one attached hydrogen (secondary N) is 3. The molecule has 9 N–H and O–H groups in total. The van der Waals surface area contributed by atoms with Crippen LogP contribution in [0.4, 0.5) is 0 Å². The van der Waals surface area contributed by atoms with Gasteiger partial charge in [-0.2, -0.15) is 0 Å². The fourth-order valence-electron chi connectivity index (χ4n) is 2.96. The number of aliphatic hydroxyl groups excluding tert-OH is 1. The maximum absolute atomic E-state index is 12.8. The van der Waals surface area contributed by atoms with Gasteiger partial charge in [0, 0.05) is 0 Å². The summed E-state index contributed by atoms with van der Waals surface area (Å²) in [5.41, 5.74) is 11.4. The van der Waals surface area contributed by atoms with Gasteiger partial charge in [-0.25, -0.2) is 4.79 Å². The summed E-state index contributed by atoms with van der Waals surface area (Å²) in [4.78, 5) is 49.4. The Morgan fingerprint density at radius 2 is 1.44 bits per heavy atom. The fourth-order valence-corrected chi connectivity index (χ4v) is 2.96. The summed E-state index contributed by atoms with van der Waals surface area (Å²) in [7, 11) is 0. The van der Waals surface area contributed by atoms with Crippen LogP contribution in [0.15, 0.2) is 0 Å². The Labute approximate surface area is 190 Å². The van der Waals surface area contributed by atoms with Crippen molar-refractivity contribution in [3.05, 3.63) is 0 Å². The summed E-state index contributed by atoms with van der Waals surface area (Å²) in [5, 5.41) is 26.8. The van der Waals surface area contributed by atoms with E-state index in [0.29, 0.717) is 25.8 Å². The molecular weight excluding hydrogens is 418 g/mol. The number of carboxylic acids is 1. The number of carboxylic acid groups (broad SMARTS) is 1. The van der Waals surface area contributed by atoms with Gasteiger partial charge in [-0.15, -0.1) is 0 Å². The standard InChI is InChI=1S/C21H41N5O6/c1-6-12(4)15(23)19(29)26-17(13(5)27)20(30)24-14(9-7-8-10-22)18(28)25-16(11(2)3)21(31)32/h11-17,27H,6-10,22-23H2,1-5H3,(H,24,30)(H,25,28)(H,26,29)(H,31,32). The Bertz CT molecular complexity index is 628. The van der Waals surface area contributed by atoms with E-state index >= 15 is 0 Å². The number of rotatable bonds is 15. The van der Waals surface area contributed by atoms with Crippen LogP contribution in [-0.2, 0) is 19.2 Å². The summed E-state index contributed by atoms with van der Waals surface area (Å²) in [5.74, 6) is -3.71. The quantitative estimate of drug-likeness (QED) is 0.152. The first-order chi connectivity index (χ1) is 14.9. The number of unbranched alkanes of at least 4 members (excludes halogenated alkanes) is 1. The lowest BCUT2D eigenvalue weighted by Crippen LogP contribution is -2.60. The van der Waals surface area contributed by atoms with Crippen molar-refractivity contribution >= 4 is 23.7 Å². The van der Waals surface area contributed by atoms with E-state index < -0.39 is 54.0 Å². The van der Waals surface area contributed by atoms with E-state index in [9.17, 15) is 29.4 Å². The molecule has 0 spiro atoms. The van der Waals surface area contributed by atoms with E-state index in [2.05, 4.69) is 16.0 Å². The van der Waals surface area contributed by atoms with Gasteiger partial charge in [0.05, 0.1) is 12.1 Å². The van der Waals surface area contributed by atoms with Crippen LogP contribution >= 0.6 is 0 Å². The van der Waals surface area contributed by atoms with Gasteiger partial charge >= 0.3 is 5.97 Å². The van der Waals surface area contributed by atoms with Crippen molar-refractivity contribution in [3.63, 3.8) is 0 Å². The van der Waals surface area contributed by atoms with E-state index in [1.807, 2.05) is 6.92 Å². The van der Waals surface area contributed by atoms with Crippen molar-refractivity contribution in [2.45, 2.75) is 90.6 Å². The molecular formula is C21H41N5O6. The molecule has 0 bridgehead atoms. The van der Waals surface area contributed by atoms with E-state index in [-0.39, 0.29) is 18.3 Å². The summed E-state index contributed by atoms with van der Waals surface area (Å²) < 4.78 is 0. The first-order valence-corrected chi connectivity index (χ1v) is 11.1. The highest BCUT2D eigenvalue weighted by atomic mass is 16.4. The van der Waals surface area contributed by atoms with E-state index in [0.717, 1.165) is 0 Å². The van der Waals surface area contributed by atoms with Crippen LogP contribution in [0.25, 0.3) is 0 Å². The van der Waals surface area contributed by atoms with E-state index in [1.54, 1.807) is 20.8 Å². The topological polar surface area (TPSA) is 197 Å². The van der Waals surface area contributed by atoms with Crippen LogP contribution in [-0.4, -0.2) is 70.7 Å². The fraction of sp³-hybridized carbons (Fsp3) is 0.810. The highest BCUT2D eigenvalue weighted by molar-refractivity contribution is 5.94. The predicted octanol–water partition coefficient (Wildman–Crippen LogP) is -0.935. The van der Waals surface area contributed by atoms with Gasteiger partial charge < -0.3 is 37.6 Å². The third kappa shape index (κ3) is 9.92. The Morgan fingerprint density at radius 1 is 0.875 bits per heavy atom. The lowest BCUT2D eigenvalue weighted by atomic mass is 9.98. The zero-order valence-electron chi connectivity index (χ0n) is 19.8. The number of hydrogen-bond donors (Lipinski definition) is 7. The van der Waals surface area contributed by atoms with E-state index in [1.165, 1.54) is 6.92 Å². The maximum Gasteiger partial charge on any atom is 0.326 e. The Kier molecular flexibility index (Phi) is 13.7. The minimum atomic E-state index is -1.33. The van der Waals surface area contributed by atoms with E-state index in [4.69, 9.17) is 11.5 Å². The number of aliphatic hydroxyl groups is 1. The normalized spacial score (nSPS) is 16.9. The molecule has 0 saturated heterocycles. The molecule has 6 atom stereocenters. The lowest BCUT2D eigenvalue weighted by Gasteiger charge is -2.27. The maximum atomic E-state index is 12.8. The second kappa shape index (κ2) is 14.8. The molecule has 11 nitrogen and oxygen atoms in total. The van der Waals surface area contributed by atoms with Crippen molar-refractivity contribution in [1.82, 2.24) is 16.0 Å². The molecule has 0 aliphatic carbocycles. The predicted molar refractivity (Wildman–Crippen MR) is 120 cm³/mol. The number of aliphatic carboxylic acids is 1. The molecule has 0 saturated carbocycles. The van der Waals surface area contributed by atoms with Crippen LogP contribution < -0.4 is 27.4 Å². The van der Waals surface area contributed by atoms with Crippen molar-refractivity contribution in [2.24, 2.45) is 23.3 Å². The molecule has 0 radical (unpaired) electrons. The molecule has 0 aromatic rings. The second-order valence-corrected chi connectivity index (χ2v) is 8.55. The molecule has 0 heterocycles. The average Bonchev–Trinajstić information content (AvgIpc) is 2.72. The molecule has 186 valence electrons. The SMILES string of the molecule is CCC(C)C(N)C(=O)NC(C(=O)NC(CCCCN)C(=O)NC(C(=O)O)C(C)C)C(C)O. The molecule has 11 heteroatoms. The van der Waals surface area contributed by atoms with Crippen LogP contribution in [0.5, 0.6) is 0 Å². The molecule has 3 amide bonds. The molecule has 0 aromatic carbocycles. The molecule has 0 aliphatic heterocycles. The van der Waals surface area contributed by atoms with Crippen molar-refractivity contribution < 1.29 is 29.4 Å². The smallest absolute Gasteiger partial charge is 0.326 e. The molecule has 0 aliphatic rings. The van der Waals surface area contributed by atoms with Crippen LogP contribution in [0.2, 0.25) is 0 Å². The largest absolute Gasteiger partial charge is 0.480 e. The van der Waals surface area contributed by atoms with Gasteiger partial charge in [0.25, 0.3) is 0 Å². The van der Waals surface area contributed by atoms with Gasteiger partial charge in [0.15, 0.2) is 0 Å². The first-order valence-electron chi connectivity index (χ1n) is 11.1. The third-order valence-electron chi connectivity index (χ3n) is 5.43. The Balaban J connectivity index is 5.46. The zero-order chi connectivity index (χ0) is 25.0. The van der Waals surface area contributed by atoms with Gasteiger partial charge in [0.1, 0.15) is 18.1 Å². The molecule has 32 heavy (non-hydrogen) atoms.